The Morgan fingerprint density at radius 2 is 1.00 bits per heavy atom. The first kappa shape index (κ1) is 30.9. The van der Waals surface area contributed by atoms with E-state index in [2.05, 4.69) is 20.8 Å². The van der Waals surface area contributed by atoms with Crippen LogP contribution >= 0.6 is 0 Å². The van der Waals surface area contributed by atoms with E-state index in [1.165, 1.54) is 64.2 Å². The third kappa shape index (κ3) is 22.1. The maximum atomic E-state index is 11.9. The number of unbranched alkanes of at least 4 members (excludes halogenated alkanes) is 12. The highest BCUT2D eigenvalue weighted by Gasteiger charge is 2.10. The van der Waals surface area contributed by atoms with Gasteiger partial charge in [-0.1, -0.05) is 111 Å². The molecule has 4 heteroatoms. The Bertz CT molecular complexity index is 422. The van der Waals surface area contributed by atoms with Crippen molar-refractivity contribution >= 4 is 11.9 Å². The molecule has 0 aromatic rings. The minimum atomic E-state index is -0.0209. The van der Waals surface area contributed by atoms with Crippen molar-refractivity contribution in [2.45, 2.75) is 149 Å². The van der Waals surface area contributed by atoms with Crippen LogP contribution in [0.3, 0.4) is 0 Å². The van der Waals surface area contributed by atoms with E-state index in [-0.39, 0.29) is 11.9 Å². The predicted molar refractivity (Wildman–Crippen MR) is 135 cm³/mol. The highest BCUT2D eigenvalue weighted by molar-refractivity contribution is 5.69. The van der Waals surface area contributed by atoms with Gasteiger partial charge in [0.15, 0.2) is 0 Å². The second-order valence-corrected chi connectivity index (χ2v) is 9.39. The molecule has 0 N–H and O–H groups in total. The highest BCUT2D eigenvalue weighted by Crippen LogP contribution is 2.20. The van der Waals surface area contributed by atoms with Crippen molar-refractivity contribution in [3.8, 4) is 0 Å². The maximum Gasteiger partial charge on any atom is 0.305 e. The standard InChI is InChI=1S/C28H54O4/c1-4-7-9-18-24-31-27(29)21-17-15-13-11-12-14-16-20-26(6-3)22-23-28(30)32-25-19-10-8-5-2/h26H,4-25H2,1-3H3. The minimum Gasteiger partial charge on any atom is -0.466 e. The van der Waals surface area contributed by atoms with Crippen LogP contribution in [0.1, 0.15) is 149 Å². The molecule has 190 valence electrons. The van der Waals surface area contributed by atoms with Gasteiger partial charge in [-0.2, -0.15) is 0 Å². The molecule has 0 aromatic carbocycles. The summed E-state index contributed by atoms with van der Waals surface area (Å²) in [6, 6.07) is 0. The number of carbonyl (C=O) groups is 2. The van der Waals surface area contributed by atoms with Gasteiger partial charge in [-0.05, 0) is 31.6 Å². The Labute approximate surface area is 199 Å². The topological polar surface area (TPSA) is 52.6 Å². The number of rotatable bonds is 24. The van der Waals surface area contributed by atoms with E-state index in [1.54, 1.807) is 0 Å². The van der Waals surface area contributed by atoms with Crippen LogP contribution in [0.25, 0.3) is 0 Å². The molecule has 0 rings (SSSR count). The maximum absolute atomic E-state index is 11.9. The van der Waals surface area contributed by atoms with Gasteiger partial charge < -0.3 is 9.47 Å². The summed E-state index contributed by atoms with van der Waals surface area (Å²) in [5, 5.41) is 0. The van der Waals surface area contributed by atoms with Gasteiger partial charge in [-0.15, -0.1) is 0 Å². The fourth-order valence-electron chi connectivity index (χ4n) is 4.03. The molecule has 0 bridgehead atoms. The van der Waals surface area contributed by atoms with Crippen molar-refractivity contribution in [2.75, 3.05) is 13.2 Å². The van der Waals surface area contributed by atoms with Gasteiger partial charge in [0.05, 0.1) is 13.2 Å². The first-order chi connectivity index (χ1) is 15.6. The molecule has 0 aliphatic heterocycles. The van der Waals surface area contributed by atoms with E-state index in [9.17, 15) is 9.59 Å². The second kappa shape index (κ2) is 24.6. The van der Waals surface area contributed by atoms with Crippen LogP contribution in [-0.2, 0) is 19.1 Å². The lowest BCUT2D eigenvalue weighted by Crippen LogP contribution is -2.09. The lowest BCUT2D eigenvalue weighted by atomic mass is 9.93. The van der Waals surface area contributed by atoms with Crippen molar-refractivity contribution in [3.63, 3.8) is 0 Å². The summed E-state index contributed by atoms with van der Waals surface area (Å²) >= 11 is 0. The van der Waals surface area contributed by atoms with Crippen molar-refractivity contribution in [1.82, 2.24) is 0 Å². The number of ether oxygens (including phenoxy) is 2. The second-order valence-electron chi connectivity index (χ2n) is 9.39. The molecule has 0 saturated heterocycles. The lowest BCUT2D eigenvalue weighted by molar-refractivity contribution is -0.145. The first-order valence-electron chi connectivity index (χ1n) is 13.9. The predicted octanol–water partition coefficient (Wildman–Crippen LogP) is 8.55. The lowest BCUT2D eigenvalue weighted by Gasteiger charge is -2.14. The summed E-state index contributed by atoms with van der Waals surface area (Å²) in [6.07, 6.45) is 22.1. The summed E-state index contributed by atoms with van der Waals surface area (Å²) in [7, 11) is 0. The molecule has 0 saturated carbocycles. The highest BCUT2D eigenvalue weighted by atomic mass is 16.5. The fraction of sp³-hybridized carbons (Fsp3) is 0.929. The third-order valence-electron chi connectivity index (χ3n) is 6.35. The molecule has 4 nitrogen and oxygen atoms in total. The van der Waals surface area contributed by atoms with E-state index in [0.29, 0.717) is 32.0 Å². The quantitative estimate of drug-likeness (QED) is 0.108. The summed E-state index contributed by atoms with van der Waals surface area (Å²) in [5.41, 5.74) is 0. The largest absolute Gasteiger partial charge is 0.466 e. The smallest absolute Gasteiger partial charge is 0.305 e. The number of hydrogen-bond donors (Lipinski definition) is 0. The van der Waals surface area contributed by atoms with Gasteiger partial charge in [0.25, 0.3) is 0 Å². The molecule has 0 radical (unpaired) electrons. The molecular weight excluding hydrogens is 400 g/mol. The van der Waals surface area contributed by atoms with Crippen molar-refractivity contribution in [1.29, 1.82) is 0 Å². The van der Waals surface area contributed by atoms with Crippen LogP contribution in [0.4, 0.5) is 0 Å². The Hall–Kier alpha value is -1.06. The average molecular weight is 455 g/mol. The van der Waals surface area contributed by atoms with E-state index >= 15 is 0 Å². The molecule has 0 aliphatic carbocycles. The van der Waals surface area contributed by atoms with Gasteiger partial charge in [0, 0.05) is 12.8 Å². The molecule has 32 heavy (non-hydrogen) atoms. The van der Waals surface area contributed by atoms with Crippen molar-refractivity contribution in [3.05, 3.63) is 0 Å². The van der Waals surface area contributed by atoms with E-state index < -0.39 is 0 Å². The van der Waals surface area contributed by atoms with Crippen LogP contribution in [0, 0.1) is 5.92 Å². The zero-order chi connectivity index (χ0) is 23.7. The summed E-state index contributed by atoms with van der Waals surface area (Å²) in [4.78, 5) is 23.6. The Kier molecular flexibility index (Phi) is 23.8. The van der Waals surface area contributed by atoms with E-state index in [4.69, 9.17) is 9.47 Å². The molecule has 1 unspecified atom stereocenters. The molecule has 0 fully saturated rings. The molecule has 1 atom stereocenters. The number of carbonyl (C=O) groups excluding carboxylic acids is 2. The van der Waals surface area contributed by atoms with E-state index in [0.717, 1.165) is 51.4 Å². The van der Waals surface area contributed by atoms with Gasteiger partial charge in [0.1, 0.15) is 0 Å². The Morgan fingerprint density at radius 1 is 0.531 bits per heavy atom. The van der Waals surface area contributed by atoms with Crippen LogP contribution in [0.2, 0.25) is 0 Å². The van der Waals surface area contributed by atoms with Crippen LogP contribution in [-0.4, -0.2) is 25.2 Å². The fourth-order valence-corrected chi connectivity index (χ4v) is 4.03. The van der Waals surface area contributed by atoms with Crippen molar-refractivity contribution < 1.29 is 19.1 Å². The Balaban J connectivity index is 3.48. The normalized spacial score (nSPS) is 12.0. The van der Waals surface area contributed by atoms with Gasteiger partial charge >= 0.3 is 11.9 Å². The van der Waals surface area contributed by atoms with Gasteiger partial charge in [-0.3, -0.25) is 9.59 Å². The third-order valence-corrected chi connectivity index (χ3v) is 6.35. The number of esters is 2. The molecule has 0 amide bonds. The van der Waals surface area contributed by atoms with E-state index in [1.807, 2.05) is 0 Å². The van der Waals surface area contributed by atoms with Crippen LogP contribution in [0.5, 0.6) is 0 Å². The van der Waals surface area contributed by atoms with Crippen LogP contribution in [0.15, 0.2) is 0 Å². The summed E-state index contributed by atoms with van der Waals surface area (Å²) < 4.78 is 10.6. The van der Waals surface area contributed by atoms with Gasteiger partial charge in [0.2, 0.25) is 0 Å². The monoisotopic (exact) mass is 454 g/mol. The summed E-state index contributed by atoms with van der Waals surface area (Å²) in [6.45, 7) is 7.80. The molecule has 0 heterocycles. The first-order valence-corrected chi connectivity index (χ1v) is 13.9. The SMILES string of the molecule is CCCCCCOC(=O)CCCCCCCCCC(CC)CCC(=O)OCCCCCC. The summed E-state index contributed by atoms with van der Waals surface area (Å²) in [5.74, 6) is 0.614. The van der Waals surface area contributed by atoms with Crippen molar-refractivity contribution in [2.24, 2.45) is 5.92 Å². The average Bonchev–Trinajstić information content (AvgIpc) is 2.79. The molecule has 0 aliphatic rings. The number of hydrogen-bond acceptors (Lipinski definition) is 4. The molecule has 0 aromatic heterocycles. The Morgan fingerprint density at radius 3 is 1.53 bits per heavy atom. The molecule has 0 spiro atoms. The zero-order valence-corrected chi connectivity index (χ0v) is 21.8. The minimum absolute atomic E-state index is 0.0136. The van der Waals surface area contributed by atoms with Gasteiger partial charge in [-0.25, -0.2) is 0 Å². The zero-order valence-electron chi connectivity index (χ0n) is 21.8. The molecular formula is C28H54O4. The van der Waals surface area contributed by atoms with Crippen LogP contribution < -0.4 is 0 Å².